The van der Waals surface area contributed by atoms with Gasteiger partial charge in [0.2, 0.25) is 0 Å². The maximum atomic E-state index is 12.0. The molecule has 120 valence electrons. The van der Waals surface area contributed by atoms with Gasteiger partial charge < -0.3 is 14.8 Å². The Bertz CT molecular complexity index is 700. The second kappa shape index (κ2) is 7.65. The van der Waals surface area contributed by atoms with E-state index in [1.165, 1.54) is 14.0 Å². The van der Waals surface area contributed by atoms with E-state index >= 15 is 0 Å². The molecule has 0 radical (unpaired) electrons. The van der Waals surface area contributed by atoms with E-state index in [-0.39, 0.29) is 0 Å². The zero-order valence-electron chi connectivity index (χ0n) is 12.7. The van der Waals surface area contributed by atoms with Crippen LogP contribution in [0.2, 0.25) is 5.02 Å². The maximum absolute atomic E-state index is 12.0. The summed E-state index contributed by atoms with van der Waals surface area (Å²) in [5.41, 5.74) is 0.888. The molecule has 1 unspecified atom stereocenters. The van der Waals surface area contributed by atoms with Gasteiger partial charge in [-0.1, -0.05) is 17.7 Å². The van der Waals surface area contributed by atoms with Gasteiger partial charge in [-0.3, -0.25) is 4.79 Å². The molecule has 0 aliphatic rings. The van der Waals surface area contributed by atoms with E-state index in [1.807, 2.05) is 0 Å². The van der Waals surface area contributed by atoms with Crippen LogP contribution in [0.15, 0.2) is 48.5 Å². The average molecular weight is 334 g/mol. The summed E-state index contributed by atoms with van der Waals surface area (Å²) in [4.78, 5) is 24.1. The maximum Gasteiger partial charge on any atom is 0.339 e. The lowest BCUT2D eigenvalue weighted by Gasteiger charge is -2.14. The molecule has 0 fully saturated rings. The van der Waals surface area contributed by atoms with Gasteiger partial charge >= 0.3 is 5.97 Å². The molecule has 0 bridgehead atoms. The van der Waals surface area contributed by atoms with Gasteiger partial charge in [-0.15, -0.1) is 0 Å². The first-order chi connectivity index (χ1) is 11.0. The quantitative estimate of drug-likeness (QED) is 0.850. The number of ether oxygens (including phenoxy) is 2. The lowest BCUT2D eigenvalue weighted by Crippen LogP contribution is -2.30. The molecule has 23 heavy (non-hydrogen) atoms. The van der Waals surface area contributed by atoms with E-state index < -0.39 is 18.0 Å². The monoisotopic (exact) mass is 333 g/mol. The third-order valence-corrected chi connectivity index (χ3v) is 3.32. The van der Waals surface area contributed by atoms with E-state index in [1.54, 1.807) is 48.5 Å². The Morgan fingerprint density at radius 2 is 1.83 bits per heavy atom. The Kier molecular flexibility index (Phi) is 5.60. The highest BCUT2D eigenvalue weighted by molar-refractivity contribution is 6.30. The number of amides is 1. The molecule has 5 nitrogen and oxygen atoms in total. The summed E-state index contributed by atoms with van der Waals surface area (Å²) in [5.74, 6) is -0.482. The predicted molar refractivity (Wildman–Crippen MR) is 88.0 cm³/mol. The van der Waals surface area contributed by atoms with Crippen molar-refractivity contribution in [1.29, 1.82) is 0 Å². The highest BCUT2D eigenvalue weighted by Gasteiger charge is 2.19. The third-order valence-electron chi connectivity index (χ3n) is 3.07. The van der Waals surface area contributed by atoms with Gasteiger partial charge in [0.05, 0.1) is 12.7 Å². The Balaban J connectivity index is 1.97. The normalized spacial score (nSPS) is 11.4. The Morgan fingerprint density at radius 1 is 1.13 bits per heavy atom. The van der Waals surface area contributed by atoms with Crippen LogP contribution in [0.25, 0.3) is 0 Å². The standard InChI is InChI=1S/C17H16ClNO4/c1-11(16(20)19-14-8-6-13(18)7-9-14)23-17(21)12-4-3-5-15(10-12)22-2/h3-11H,1-2H3,(H,19,20). The fraction of sp³-hybridized carbons (Fsp3) is 0.176. The van der Waals surface area contributed by atoms with Crippen LogP contribution in [0.4, 0.5) is 5.69 Å². The van der Waals surface area contributed by atoms with Crippen LogP contribution >= 0.6 is 11.6 Å². The Hall–Kier alpha value is -2.53. The fourth-order valence-electron chi connectivity index (χ4n) is 1.81. The van der Waals surface area contributed by atoms with Gasteiger partial charge in [0.25, 0.3) is 5.91 Å². The molecule has 1 atom stereocenters. The van der Waals surface area contributed by atoms with Crippen molar-refractivity contribution in [1.82, 2.24) is 0 Å². The summed E-state index contributed by atoms with van der Waals surface area (Å²) >= 11 is 5.78. The number of hydrogen-bond donors (Lipinski definition) is 1. The summed E-state index contributed by atoms with van der Waals surface area (Å²) in [5, 5.41) is 3.22. The molecule has 0 aliphatic carbocycles. The minimum absolute atomic E-state index is 0.315. The molecule has 2 aromatic rings. The lowest BCUT2D eigenvalue weighted by atomic mass is 10.2. The zero-order chi connectivity index (χ0) is 16.8. The van der Waals surface area contributed by atoms with Crippen LogP contribution in [-0.2, 0) is 9.53 Å². The van der Waals surface area contributed by atoms with Gasteiger partial charge in [-0.25, -0.2) is 4.79 Å². The van der Waals surface area contributed by atoms with Crippen molar-refractivity contribution >= 4 is 29.2 Å². The lowest BCUT2D eigenvalue weighted by molar-refractivity contribution is -0.123. The van der Waals surface area contributed by atoms with Crippen LogP contribution in [-0.4, -0.2) is 25.1 Å². The molecule has 0 heterocycles. The first-order valence-electron chi connectivity index (χ1n) is 6.91. The highest BCUT2D eigenvalue weighted by atomic mass is 35.5. The Labute approximate surface area is 139 Å². The average Bonchev–Trinajstić information content (AvgIpc) is 2.56. The zero-order valence-corrected chi connectivity index (χ0v) is 13.5. The number of hydrogen-bond acceptors (Lipinski definition) is 4. The minimum Gasteiger partial charge on any atom is -0.497 e. The number of halogens is 1. The van der Waals surface area contributed by atoms with Gasteiger partial charge in [0, 0.05) is 10.7 Å². The molecule has 2 aromatic carbocycles. The van der Waals surface area contributed by atoms with Crippen molar-refractivity contribution in [2.45, 2.75) is 13.0 Å². The second-order valence-electron chi connectivity index (χ2n) is 4.78. The van der Waals surface area contributed by atoms with Crippen molar-refractivity contribution in [2.75, 3.05) is 12.4 Å². The topological polar surface area (TPSA) is 64.6 Å². The first kappa shape index (κ1) is 16.8. The van der Waals surface area contributed by atoms with Crippen LogP contribution < -0.4 is 10.1 Å². The van der Waals surface area contributed by atoms with Crippen molar-refractivity contribution < 1.29 is 19.1 Å². The van der Waals surface area contributed by atoms with Crippen molar-refractivity contribution in [3.8, 4) is 5.75 Å². The number of carbonyl (C=O) groups is 2. The molecular weight excluding hydrogens is 318 g/mol. The number of benzene rings is 2. The first-order valence-corrected chi connectivity index (χ1v) is 7.29. The summed E-state index contributed by atoms with van der Waals surface area (Å²) in [6, 6.07) is 13.2. The molecular formula is C17H16ClNO4. The van der Waals surface area contributed by atoms with E-state index in [9.17, 15) is 9.59 Å². The van der Waals surface area contributed by atoms with E-state index in [4.69, 9.17) is 21.1 Å². The SMILES string of the molecule is COc1cccc(C(=O)OC(C)C(=O)Nc2ccc(Cl)cc2)c1. The second-order valence-corrected chi connectivity index (χ2v) is 5.21. The van der Waals surface area contributed by atoms with Crippen molar-refractivity contribution in [3.05, 3.63) is 59.1 Å². The fourth-order valence-corrected chi connectivity index (χ4v) is 1.94. The number of carbonyl (C=O) groups excluding carboxylic acids is 2. The summed E-state index contributed by atoms with van der Waals surface area (Å²) in [6.45, 7) is 1.50. The van der Waals surface area contributed by atoms with Crippen LogP contribution in [0.1, 0.15) is 17.3 Å². The number of rotatable bonds is 5. The molecule has 0 saturated heterocycles. The molecule has 1 N–H and O–H groups in total. The summed E-state index contributed by atoms with van der Waals surface area (Å²) in [6.07, 6.45) is -0.940. The molecule has 0 aliphatic heterocycles. The predicted octanol–water partition coefficient (Wildman–Crippen LogP) is 3.53. The molecule has 0 aromatic heterocycles. The van der Waals surface area contributed by atoms with Crippen molar-refractivity contribution in [2.24, 2.45) is 0 Å². The van der Waals surface area contributed by atoms with Crippen LogP contribution in [0, 0.1) is 0 Å². The van der Waals surface area contributed by atoms with E-state index in [2.05, 4.69) is 5.32 Å². The smallest absolute Gasteiger partial charge is 0.339 e. The number of methoxy groups -OCH3 is 1. The molecule has 2 rings (SSSR count). The largest absolute Gasteiger partial charge is 0.497 e. The highest BCUT2D eigenvalue weighted by Crippen LogP contribution is 2.16. The molecule has 0 spiro atoms. The van der Waals surface area contributed by atoms with E-state index in [0.29, 0.717) is 22.0 Å². The number of anilines is 1. The van der Waals surface area contributed by atoms with E-state index in [0.717, 1.165) is 0 Å². The minimum atomic E-state index is -0.940. The van der Waals surface area contributed by atoms with Gasteiger partial charge in [0.1, 0.15) is 5.75 Å². The van der Waals surface area contributed by atoms with Gasteiger partial charge in [-0.2, -0.15) is 0 Å². The molecule has 1 amide bonds. The van der Waals surface area contributed by atoms with Crippen LogP contribution in [0.5, 0.6) is 5.75 Å². The number of esters is 1. The summed E-state index contributed by atoms with van der Waals surface area (Å²) in [7, 11) is 1.51. The van der Waals surface area contributed by atoms with Gasteiger partial charge in [-0.05, 0) is 49.4 Å². The van der Waals surface area contributed by atoms with Crippen LogP contribution in [0.3, 0.4) is 0 Å². The molecule has 0 saturated carbocycles. The molecule has 6 heteroatoms. The third kappa shape index (κ3) is 4.72. The van der Waals surface area contributed by atoms with Gasteiger partial charge in [0.15, 0.2) is 6.10 Å². The summed E-state index contributed by atoms with van der Waals surface area (Å²) < 4.78 is 10.2. The number of nitrogens with one attached hydrogen (secondary N) is 1. The Morgan fingerprint density at radius 3 is 2.48 bits per heavy atom. The van der Waals surface area contributed by atoms with Crippen molar-refractivity contribution in [3.63, 3.8) is 0 Å².